The molecule has 0 bridgehead atoms. The van der Waals surface area contributed by atoms with Crippen molar-refractivity contribution in [3.05, 3.63) is 33.8 Å². The van der Waals surface area contributed by atoms with Crippen LogP contribution in [0.2, 0.25) is 10.0 Å². The van der Waals surface area contributed by atoms with Gasteiger partial charge in [-0.2, -0.15) is 0 Å². The minimum atomic E-state index is -0.708. The van der Waals surface area contributed by atoms with Crippen LogP contribution in [0.4, 0.5) is 0 Å². The molecule has 1 aromatic rings. The van der Waals surface area contributed by atoms with Crippen molar-refractivity contribution < 1.29 is 10.2 Å². The molecule has 4 heteroatoms. The number of aliphatic hydroxyl groups is 2. The summed E-state index contributed by atoms with van der Waals surface area (Å²) in [4.78, 5) is 0. The molecule has 0 saturated heterocycles. The van der Waals surface area contributed by atoms with Crippen LogP contribution in [0.5, 0.6) is 0 Å². The molecule has 0 aliphatic carbocycles. The van der Waals surface area contributed by atoms with Gasteiger partial charge in [-0.25, -0.2) is 0 Å². The van der Waals surface area contributed by atoms with E-state index in [1.54, 1.807) is 12.1 Å². The van der Waals surface area contributed by atoms with Crippen molar-refractivity contribution in [2.75, 3.05) is 6.61 Å². The number of hydrogen-bond donors (Lipinski definition) is 2. The zero-order valence-electron chi connectivity index (χ0n) is 9.16. The molecule has 0 amide bonds. The molecule has 0 heterocycles. The maximum Gasteiger partial charge on any atom is 0.0776 e. The Kier molecular flexibility index (Phi) is 5.56. The molecule has 0 spiro atoms. The molecular weight excluding hydrogens is 247 g/mol. The Morgan fingerprint density at radius 1 is 1.31 bits per heavy atom. The van der Waals surface area contributed by atoms with Gasteiger partial charge in [0.05, 0.1) is 12.7 Å². The molecule has 1 rings (SSSR count). The Morgan fingerprint density at radius 3 is 2.56 bits per heavy atom. The van der Waals surface area contributed by atoms with Gasteiger partial charge in [-0.15, -0.1) is 0 Å². The second-order valence-electron chi connectivity index (χ2n) is 3.84. The van der Waals surface area contributed by atoms with Crippen molar-refractivity contribution in [3.63, 3.8) is 0 Å². The van der Waals surface area contributed by atoms with Gasteiger partial charge in [0.1, 0.15) is 0 Å². The first-order valence-electron chi connectivity index (χ1n) is 5.32. The molecule has 90 valence electrons. The molecule has 2 unspecified atom stereocenters. The summed E-state index contributed by atoms with van der Waals surface area (Å²) in [5.41, 5.74) is 0.934. The second kappa shape index (κ2) is 6.45. The minimum Gasteiger partial charge on any atom is -0.394 e. The van der Waals surface area contributed by atoms with Gasteiger partial charge in [-0.1, -0.05) is 30.1 Å². The smallest absolute Gasteiger partial charge is 0.0776 e. The molecule has 2 nitrogen and oxygen atoms in total. The van der Waals surface area contributed by atoms with Crippen molar-refractivity contribution in [2.45, 2.75) is 31.8 Å². The van der Waals surface area contributed by atoms with E-state index in [9.17, 15) is 5.11 Å². The summed E-state index contributed by atoms with van der Waals surface area (Å²) in [7, 11) is 0. The summed E-state index contributed by atoms with van der Waals surface area (Å²) in [6.45, 7) is 1.79. The first kappa shape index (κ1) is 13.8. The highest BCUT2D eigenvalue weighted by Gasteiger charge is 2.17. The normalized spacial score (nSPS) is 14.8. The Balaban J connectivity index is 2.89. The molecule has 0 aliphatic heterocycles. The third-order valence-electron chi connectivity index (χ3n) is 2.66. The van der Waals surface area contributed by atoms with Crippen molar-refractivity contribution in [2.24, 2.45) is 0 Å². The first-order chi connectivity index (χ1) is 7.58. The largest absolute Gasteiger partial charge is 0.394 e. The Bertz CT molecular complexity index is 342. The fourth-order valence-electron chi connectivity index (χ4n) is 1.74. The number of hydrogen-bond acceptors (Lipinski definition) is 2. The Morgan fingerprint density at radius 2 is 2.00 bits per heavy atom. The van der Waals surface area contributed by atoms with Gasteiger partial charge in [0.15, 0.2) is 0 Å². The Labute approximate surface area is 106 Å². The fraction of sp³-hybridized carbons (Fsp3) is 0.500. The van der Waals surface area contributed by atoms with Crippen LogP contribution in [0.25, 0.3) is 0 Å². The van der Waals surface area contributed by atoms with Crippen molar-refractivity contribution in [3.8, 4) is 0 Å². The van der Waals surface area contributed by atoms with Gasteiger partial charge in [-0.05, 0) is 42.5 Å². The van der Waals surface area contributed by atoms with Crippen LogP contribution in [-0.4, -0.2) is 22.9 Å². The quantitative estimate of drug-likeness (QED) is 0.856. The molecule has 0 radical (unpaired) electrons. The summed E-state index contributed by atoms with van der Waals surface area (Å²) < 4.78 is 0. The van der Waals surface area contributed by atoms with E-state index in [0.717, 1.165) is 12.0 Å². The highest BCUT2D eigenvalue weighted by atomic mass is 35.5. The minimum absolute atomic E-state index is 0.119. The van der Waals surface area contributed by atoms with Gasteiger partial charge >= 0.3 is 0 Å². The lowest BCUT2D eigenvalue weighted by molar-refractivity contribution is 0.0817. The maximum absolute atomic E-state index is 9.45. The molecular formula is C12H16Cl2O2. The van der Waals surface area contributed by atoms with Crippen molar-refractivity contribution in [1.29, 1.82) is 0 Å². The predicted octanol–water partition coefficient (Wildman–Crippen LogP) is 3.23. The first-order valence-corrected chi connectivity index (χ1v) is 6.08. The standard InChI is InChI=1S/C12H16Cl2O2/c1-2-8(5-10(16)7-15)11-6-9(13)3-4-12(11)14/h3-4,6,8,10,15-16H,2,5,7H2,1H3. The third-order valence-corrected chi connectivity index (χ3v) is 3.24. The van der Waals surface area contributed by atoms with Crippen LogP contribution in [0, 0.1) is 0 Å². The van der Waals surface area contributed by atoms with E-state index in [2.05, 4.69) is 0 Å². The second-order valence-corrected chi connectivity index (χ2v) is 4.69. The van der Waals surface area contributed by atoms with E-state index in [4.69, 9.17) is 28.3 Å². The number of aliphatic hydroxyl groups excluding tert-OH is 2. The van der Waals surface area contributed by atoms with Gasteiger partial charge in [0.25, 0.3) is 0 Å². The van der Waals surface area contributed by atoms with Crippen molar-refractivity contribution in [1.82, 2.24) is 0 Å². The molecule has 2 atom stereocenters. The van der Waals surface area contributed by atoms with Crippen LogP contribution in [0.3, 0.4) is 0 Å². The predicted molar refractivity (Wildman–Crippen MR) is 67.2 cm³/mol. The lowest BCUT2D eigenvalue weighted by Gasteiger charge is -2.19. The average Bonchev–Trinajstić information content (AvgIpc) is 2.29. The average molecular weight is 263 g/mol. The topological polar surface area (TPSA) is 40.5 Å². The van der Waals surface area contributed by atoms with E-state index >= 15 is 0 Å². The monoisotopic (exact) mass is 262 g/mol. The summed E-state index contributed by atoms with van der Waals surface area (Å²) in [6.07, 6.45) is 0.629. The highest BCUT2D eigenvalue weighted by molar-refractivity contribution is 6.33. The van der Waals surface area contributed by atoms with E-state index < -0.39 is 6.10 Å². The number of benzene rings is 1. The number of halogens is 2. The summed E-state index contributed by atoms with van der Waals surface area (Å²) in [5, 5.41) is 19.6. The van der Waals surface area contributed by atoms with E-state index in [-0.39, 0.29) is 12.5 Å². The summed E-state index contributed by atoms with van der Waals surface area (Å²) in [5.74, 6) is 0.119. The van der Waals surface area contributed by atoms with E-state index in [0.29, 0.717) is 16.5 Å². The van der Waals surface area contributed by atoms with Crippen molar-refractivity contribution >= 4 is 23.2 Å². The molecule has 1 aromatic carbocycles. The van der Waals surface area contributed by atoms with E-state index in [1.165, 1.54) is 0 Å². The van der Waals surface area contributed by atoms with Gasteiger partial charge in [0.2, 0.25) is 0 Å². The highest BCUT2D eigenvalue weighted by Crippen LogP contribution is 2.32. The molecule has 0 fully saturated rings. The van der Waals surface area contributed by atoms with Crippen LogP contribution in [-0.2, 0) is 0 Å². The third kappa shape index (κ3) is 3.63. The summed E-state index contributed by atoms with van der Waals surface area (Å²) in [6, 6.07) is 5.32. The maximum atomic E-state index is 9.45. The molecule has 0 aliphatic rings. The Hall–Kier alpha value is -0.280. The molecule has 2 N–H and O–H groups in total. The lowest BCUT2D eigenvalue weighted by Crippen LogP contribution is -2.16. The van der Waals surface area contributed by atoms with Gasteiger partial charge in [0, 0.05) is 10.0 Å². The molecule has 0 aromatic heterocycles. The van der Waals surface area contributed by atoms with Crippen LogP contribution in [0.1, 0.15) is 31.2 Å². The lowest BCUT2D eigenvalue weighted by atomic mass is 9.91. The summed E-state index contributed by atoms with van der Waals surface area (Å²) >= 11 is 12.0. The SMILES string of the molecule is CCC(CC(O)CO)c1cc(Cl)ccc1Cl. The zero-order chi connectivity index (χ0) is 12.1. The zero-order valence-corrected chi connectivity index (χ0v) is 10.7. The number of rotatable bonds is 5. The van der Waals surface area contributed by atoms with E-state index in [1.807, 2.05) is 13.0 Å². The van der Waals surface area contributed by atoms with Crippen LogP contribution >= 0.6 is 23.2 Å². The van der Waals surface area contributed by atoms with Gasteiger partial charge in [-0.3, -0.25) is 0 Å². The van der Waals surface area contributed by atoms with Gasteiger partial charge < -0.3 is 10.2 Å². The van der Waals surface area contributed by atoms with Crippen LogP contribution < -0.4 is 0 Å². The molecule has 0 saturated carbocycles. The fourth-order valence-corrected chi connectivity index (χ4v) is 2.20. The molecule has 16 heavy (non-hydrogen) atoms. The van der Waals surface area contributed by atoms with Crippen LogP contribution in [0.15, 0.2) is 18.2 Å².